The van der Waals surface area contributed by atoms with E-state index in [9.17, 15) is 4.79 Å². The molecule has 1 aliphatic carbocycles. The number of rotatable bonds is 3. The summed E-state index contributed by atoms with van der Waals surface area (Å²) < 4.78 is 5.23. The van der Waals surface area contributed by atoms with Gasteiger partial charge in [-0.3, -0.25) is 4.79 Å². The zero-order chi connectivity index (χ0) is 15.5. The lowest BCUT2D eigenvalue weighted by Crippen LogP contribution is -2.46. The SMILES string of the molecule is COc1ccc(C[C@H]2C3=C(CCCC3)CCN2C(C)=O)cc1. The summed E-state index contributed by atoms with van der Waals surface area (Å²) in [6, 6.07) is 8.51. The number of nitrogens with zero attached hydrogens (tertiary/aromatic N) is 1. The number of ether oxygens (including phenoxy) is 1. The van der Waals surface area contributed by atoms with E-state index in [2.05, 4.69) is 17.0 Å². The smallest absolute Gasteiger partial charge is 0.219 e. The molecule has 0 unspecified atom stereocenters. The number of carbonyl (C=O) groups is 1. The maximum atomic E-state index is 12.1. The molecule has 0 saturated heterocycles. The minimum absolute atomic E-state index is 0.204. The minimum atomic E-state index is 0.204. The summed E-state index contributed by atoms with van der Waals surface area (Å²) in [6.07, 6.45) is 6.98. The summed E-state index contributed by atoms with van der Waals surface area (Å²) in [5, 5.41) is 0. The van der Waals surface area contributed by atoms with Crippen LogP contribution in [0.25, 0.3) is 0 Å². The van der Waals surface area contributed by atoms with E-state index < -0.39 is 0 Å². The molecule has 2 aliphatic rings. The minimum Gasteiger partial charge on any atom is -0.497 e. The predicted octanol–water partition coefficient (Wildman–Crippen LogP) is 3.73. The van der Waals surface area contributed by atoms with Crippen LogP contribution in [0.4, 0.5) is 0 Å². The number of hydrogen-bond donors (Lipinski definition) is 0. The van der Waals surface area contributed by atoms with Crippen molar-refractivity contribution in [3.05, 3.63) is 41.0 Å². The van der Waals surface area contributed by atoms with Gasteiger partial charge in [0.1, 0.15) is 5.75 Å². The van der Waals surface area contributed by atoms with E-state index in [1.54, 1.807) is 25.2 Å². The third-order valence-electron chi connectivity index (χ3n) is 5.05. The van der Waals surface area contributed by atoms with Crippen LogP contribution in [0.2, 0.25) is 0 Å². The van der Waals surface area contributed by atoms with E-state index in [0.29, 0.717) is 0 Å². The lowest BCUT2D eigenvalue weighted by atomic mass is 9.80. The fraction of sp³-hybridized carbons (Fsp3) is 0.526. The van der Waals surface area contributed by atoms with E-state index in [-0.39, 0.29) is 11.9 Å². The fourth-order valence-corrected chi connectivity index (χ4v) is 3.87. The molecule has 1 aromatic carbocycles. The summed E-state index contributed by atoms with van der Waals surface area (Å²) in [5.74, 6) is 1.09. The first-order valence-corrected chi connectivity index (χ1v) is 8.30. The average molecular weight is 299 g/mol. The topological polar surface area (TPSA) is 29.5 Å². The molecule has 3 nitrogen and oxygen atoms in total. The second-order valence-electron chi connectivity index (χ2n) is 6.37. The van der Waals surface area contributed by atoms with Gasteiger partial charge in [0.15, 0.2) is 0 Å². The maximum absolute atomic E-state index is 12.1. The van der Waals surface area contributed by atoms with Crippen molar-refractivity contribution in [2.75, 3.05) is 13.7 Å². The van der Waals surface area contributed by atoms with Crippen LogP contribution in [-0.2, 0) is 11.2 Å². The second-order valence-corrected chi connectivity index (χ2v) is 6.37. The van der Waals surface area contributed by atoms with E-state index >= 15 is 0 Å². The highest BCUT2D eigenvalue weighted by Crippen LogP contribution is 2.36. The Hall–Kier alpha value is -1.77. The first kappa shape index (κ1) is 15.1. The molecule has 1 heterocycles. The number of carbonyl (C=O) groups excluding carboxylic acids is 1. The molecule has 0 saturated carbocycles. The molecular formula is C19H25NO2. The normalized spacial score (nSPS) is 21.5. The highest BCUT2D eigenvalue weighted by molar-refractivity contribution is 5.74. The van der Waals surface area contributed by atoms with Crippen molar-refractivity contribution in [2.45, 2.75) is 51.5 Å². The predicted molar refractivity (Wildman–Crippen MR) is 88.0 cm³/mol. The van der Waals surface area contributed by atoms with Crippen molar-refractivity contribution in [3.63, 3.8) is 0 Å². The molecule has 118 valence electrons. The third-order valence-corrected chi connectivity index (χ3v) is 5.05. The Labute approximate surface area is 133 Å². The van der Waals surface area contributed by atoms with Crippen LogP contribution < -0.4 is 4.74 Å². The quantitative estimate of drug-likeness (QED) is 0.796. The Kier molecular flexibility index (Phi) is 4.51. The van der Waals surface area contributed by atoms with Crippen molar-refractivity contribution in [3.8, 4) is 5.75 Å². The van der Waals surface area contributed by atoms with Crippen LogP contribution in [0.5, 0.6) is 5.75 Å². The fourth-order valence-electron chi connectivity index (χ4n) is 3.87. The number of methoxy groups -OCH3 is 1. The van der Waals surface area contributed by atoms with Gasteiger partial charge < -0.3 is 9.64 Å². The van der Waals surface area contributed by atoms with Crippen LogP contribution in [0.3, 0.4) is 0 Å². The molecular weight excluding hydrogens is 274 g/mol. The molecule has 1 atom stereocenters. The molecule has 3 heteroatoms. The summed E-state index contributed by atoms with van der Waals surface area (Å²) in [4.78, 5) is 14.1. The molecule has 0 bridgehead atoms. The summed E-state index contributed by atoms with van der Waals surface area (Å²) >= 11 is 0. The van der Waals surface area contributed by atoms with E-state index in [4.69, 9.17) is 4.74 Å². The summed E-state index contributed by atoms with van der Waals surface area (Å²) in [7, 11) is 1.69. The van der Waals surface area contributed by atoms with Crippen LogP contribution >= 0.6 is 0 Å². The monoisotopic (exact) mass is 299 g/mol. The summed E-state index contributed by atoms with van der Waals surface area (Å²) in [5.41, 5.74) is 4.45. The van der Waals surface area contributed by atoms with Crippen molar-refractivity contribution in [1.29, 1.82) is 0 Å². The maximum Gasteiger partial charge on any atom is 0.219 e. The van der Waals surface area contributed by atoms with E-state index in [1.165, 1.54) is 31.2 Å². The Morgan fingerprint density at radius 1 is 1.18 bits per heavy atom. The van der Waals surface area contributed by atoms with Gasteiger partial charge in [-0.1, -0.05) is 17.7 Å². The highest BCUT2D eigenvalue weighted by atomic mass is 16.5. The Bertz CT molecular complexity index is 574. The molecule has 22 heavy (non-hydrogen) atoms. The lowest BCUT2D eigenvalue weighted by Gasteiger charge is -2.40. The van der Waals surface area contributed by atoms with E-state index in [1.807, 2.05) is 12.1 Å². The molecule has 0 aromatic heterocycles. The van der Waals surface area contributed by atoms with Gasteiger partial charge in [-0.25, -0.2) is 0 Å². The van der Waals surface area contributed by atoms with Crippen molar-refractivity contribution >= 4 is 5.91 Å². The molecule has 3 rings (SSSR count). The molecule has 0 spiro atoms. The second kappa shape index (κ2) is 6.55. The number of benzene rings is 1. The van der Waals surface area contributed by atoms with Crippen LogP contribution in [0.15, 0.2) is 35.4 Å². The average Bonchev–Trinajstić information content (AvgIpc) is 2.55. The van der Waals surface area contributed by atoms with Gasteiger partial charge in [-0.05, 0) is 61.8 Å². The van der Waals surface area contributed by atoms with Crippen molar-refractivity contribution < 1.29 is 9.53 Å². The van der Waals surface area contributed by atoms with Crippen molar-refractivity contribution in [2.24, 2.45) is 0 Å². The van der Waals surface area contributed by atoms with Gasteiger partial charge >= 0.3 is 0 Å². The molecule has 1 amide bonds. The molecule has 0 N–H and O–H groups in total. The van der Waals surface area contributed by atoms with Crippen molar-refractivity contribution in [1.82, 2.24) is 4.90 Å². The summed E-state index contributed by atoms with van der Waals surface area (Å²) in [6.45, 7) is 2.59. The standard InChI is InChI=1S/C19H25NO2/c1-14(21)20-12-11-16-5-3-4-6-18(16)19(20)13-15-7-9-17(22-2)10-8-15/h7-10,19H,3-6,11-13H2,1-2H3/t19-/m0/s1. The Morgan fingerprint density at radius 2 is 1.91 bits per heavy atom. The Morgan fingerprint density at radius 3 is 2.59 bits per heavy atom. The number of amides is 1. The lowest BCUT2D eigenvalue weighted by molar-refractivity contribution is -0.130. The van der Waals surface area contributed by atoms with Gasteiger partial charge in [0.25, 0.3) is 0 Å². The van der Waals surface area contributed by atoms with E-state index in [0.717, 1.165) is 25.1 Å². The molecule has 1 aromatic rings. The van der Waals surface area contributed by atoms with Crippen LogP contribution in [-0.4, -0.2) is 30.5 Å². The van der Waals surface area contributed by atoms with Crippen LogP contribution in [0.1, 0.15) is 44.6 Å². The van der Waals surface area contributed by atoms with Gasteiger partial charge in [0, 0.05) is 13.5 Å². The molecule has 0 radical (unpaired) electrons. The zero-order valence-electron chi connectivity index (χ0n) is 13.6. The third kappa shape index (κ3) is 3.03. The van der Waals surface area contributed by atoms with Gasteiger partial charge in [0.05, 0.1) is 13.2 Å². The number of hydrogen-bond acceptors (Lipinski definition) is 2. The van der Waals surface area contributed by atoms with Crippen LogP contribution in [0, 0.1) is 0 Å². The largest absolute Gasteiger partial charge is 0.497 e. The molecule has 1 aliphatic heterocycles. The zero-order valence-corrected chi connectivity index (χ0v) is 13.6. The van der Waals surface area contributed by atoms with Gasteiger partial charge in [-0.15, -0.1) is 0 Å². The van der Waals surface area contributed by atoms with Gasteiger partial charge in [0.2, 0.25) is 5.91 Å². The first-order valence-electron chi connectivity index (χ1n) is 8.30. The van der Waals surface area contributed by atoms with Gasteiger partial charge in [-0.2, -0.15) is 0 Å². The first-order chi connectivity index (χ1) is 10.7. The molecule has 0 fully saturated rings. The Balaban J connectivity index is 1.86. The highest BCUT2D eigenvalue weighted by Gasteiger charge is 2.32.